The molecule has 2 N–H and O–H groups in total. The van der Waals surface area contributed by atoms with Crippen molar-refractivity contribution in [3.63, 3.8) is 0 Å². The van der Waals surface area contributed by atoms with Gasteiger partial charge in [0.05, 0.1) is 23.8 Å². The van der Waals surface area contributed by atoms with Gasteiger partial charge < -0.3 is 15.5 Å². The number of hydrogen-bond donors (Lipinski definition) is 2. The number of hydrogen-bond acceptors (Lipinski definition) is 4. The number of nitrogens with one attached hydrogen (secondary N) is 2. The largest absolute Gasteiger partial charge is 0.384 e. The van der Waals surface area contributed by atoms with Gasteiger partial charge in [0, 0.05) is 19.1 Å². The molecule has 2 rings (SSSR count). The maximum absolute atomic E-state index is 4.28. The van der Waals surface area contributed by atoms with Crippen molar-refractivity contribution in [2.24, 2.45) is 0 Å². The number of likely N-dealkylation sites (tertiary alicyclic amines) is 1. The Morgan fingerprint density at radius 1 is 1.39 bits per heavy atom. The highest BCUT2D eigenvalue weighted by Crippen LogP contribution is 2.17. The smallest absolute Gasteiger partial charge is 0.0550 e. The third-order valence-corrected chi connectivity index (χ3v) is 3.31. The first kappa shape index (κ1) is 13.1. The van der Waals surface area contributed by atoms with Gasteiger partial charge in [0.2, 0.25) is 0 Å². The number of anilines is 2. The zero-order valence-corrected chi connectivity index (χ0v) is 11.4. The number of rotatable bonds is 5. The summed E-state index contributed by atoms with van der Waals surface area (Å²) in [5.74, 6) is 0. The number of piperidine rings is 1. The molecule has 18 heavy (non-hydrogen) atoms. The van der Waals surface area contributed by atoms with E-state index < -0.39 is 0 Å². The molecule has 100 valence electrons. The molecule has 0 bridgehead atoms. The summed E-state index contributed by atoms with van der Waals surface area (Å²) in [5, 5.41) is 6.95. The molecule has 4 nitrogen and oxygen atoms in total. The van der Waals surface area contributed by atoms with Gasteiger partial charge in [-0.25, -0.2) is 0 Å². The average Bonchev–Trinajstić information content (AvgIpc) is 2.37. The summed E-state index contributed by atoms with van der Waals surface area (Å²) in [4.78, 5) is 6.67. The molecule has 4 heteroatoms. The minimum atomic E-state index is 0.548. The van der Waals surface area contributed by atoms with Crippen molar-refractivity contribution in [3.05, 3.63) is 18.5 Å². The SMILES string of the molecule is CCCNc1cncc(NC2CCCN(C)C2)c1. The van der Waals surface area contributed by atoms with Crippen LogP contribution < -0.4 is 10.6 Å². The summed E-state index contributed by atoms with van der Waals surface area (Å²) in [7, 11) is 2.19. The van der Waals surface area contributed by atoms with Crippen molar-refractivity contribution in [2.45, 2.75) is 32.2 Å². The van der Waals surface area contributed by atoms with Crippen LogP contribution in [0.5, 0.6) is 0 Å². The van der Waals surface area contributed by atoms with Crippen LogP contribution in [0.3, 0.4) is 0 Å². The summed E-state index contributed by atoms with van der Waals surface area (Å²) < 4.78 is 0. The highest BCUT2D eigenvalue weighted by molar-refractivity contribution is 5.54. The molecule has 1 aliphatic rings. The first-order chi connectivity index (χ1) is 8.78. The van der Waals surface area contributed by atoms with Crippen LogP contribution in [0.1, 0.15) is 26.2 Å². The number of aromatic nitrogens is 1. The van der Waals surface area contributed by atoms with Gasteiger partial charge in [0.15, 0.2) is 0 Å². The molecular weight excluding hydrogens is 224 g/mol. The number of nitrogens with zero attached hydrogens (tertiary/aromatic N) is 2. The van der Waals surface area contributed by atoms with Gasteiger partial charge in [0.25, 0.3) is 0 Å². The molecule has 0 radical (unpaired) electrons. The van der Waals surface area contributed by atoms with Gasteiger partial charge in [-0.2, -0.15) is 0 Å². The van der Waals surface area contributed by atoms with Crippen LogP contribution in [0.15, 0.2) is 18.5 Å². The normalized spacial score (nSPS) is 20.7. The molecule has 0 aromatic carbocycles. The van der Waals surface area contributed by atoms with Crippen LogP contribution >= 0.6 is 0 Å². The predicted octanol–water partition coefficient (Wildman–Crippen LogP) is 2.41. The van der Waals surface area contributed by atoms with E-state index >= 15 is 0 Å². The minimum Gasteiger partial charge on any atom is -0.384 e. The van der Waals surface area contributed by atoms with Crippen LogP contribution in [0.25, 0.3) is 0 Å². The van der Waals surface area contributed by atoms with E-state index in [4.69, 9.17) is 0 Å². The van der Waals surface area contributed by atoms with Gasteiger partial charge in [-0.3, -0.25) is 4.98 Å². The van der Waals surface area contributed by atoms with E-state index in [0.717, 1.165) is 30.9 Å². The Morgan fingerprint density at radius 3 is 3.00 bits per heavy atom. The second-order valence-corrected chi connectivity index (χ2v) is 5.13. The van der Waals surface area contributed by atoms with Crippen LogP contribution in [-0.2, 0) is 0 Å². The molecule has 0 amide bonds. The van der Waals surface area contributed by atoms with Crippen LogP contribution in [0.4, 0.5) is 11.4 Å². The fourth-order valence-corrected chi connectivity index (χ4v) is 2.40. The molecule has 1 unspecified atom stereocenters. The number of likely N-dealkylation sites (N-methyl/N-ethyl adjacent to an activating group) is 1. The molecule has 1 fully saturated rings. The molecule has 1 aromatic heterocycles. The van der Waals surface area contributed by atoms with Crippen LogP contribution in [0.2, 0.25) is 0 Å². The Kier molecular flexibility index (Phi) is 4.81. The molecule has 1 atom stereocenters. The van der Waals surface area contributed by atoms with Gasteiger partial charge in [0.1, 0.15) is 0 Å². The Morgan fingerprint density at radius 2 is 2.22 bits per heavy atom. The summed E-state index contributed by atoms with van der Waals surface area (Å²) >= 11 is 0. The van der Waals surface area contributed by atoms with E-state index in [1.807, 2.05) is 12.4 Å². The first-order valence-electron chi connectivity index (χ1n) is 6.92. The lowest BCUT2D eigenvalue weighted by Gasteiger charge is -2.30. The Hall–Kier alpha value is -1.29. The fraction of sp³-hybridized carbons (Fsp3) is 0.643. The fourth-order valence-electron chi connectivity index (χ4n) is 2.40. The maximum atomic E-state index is 4.28. The topological polar surface area (TPSA) is 40.2 Å². The van der Waals surface area contributed by atoms with E-state index in [2.05, 4.69) is 40.6 Å². The van der Waals surface area contributed by atoms with Gasteiger partial charge in [-0.15, -0.1) is 0 Å². The van der Waals surface area contributed by atoms with Crippen LogP contribution in [-0.4, -0.2) is 42.6 Å². The summed E-state index contributed by atoms with van der Waals surface area (Å²) in [5.41, 5.74) is 2.22. The van der Waals surface area contributed by atoms with Gasteiger partial charge >= 0.3 is 0 Å². The van der Waals surface area contributed by atoms with E-state index in [1.165, 1.54) is 19.4 Å². The second kappa shape index (κ2) is 6.59. The Bertz CT molecular complexity index is 367. The summed E-state index contributed by atoms with van der Waals surface area (Å²) in [6.45, 7) is 5.50. The van der Waals surface area contributed by atoms with E-state index in [1.54, 1.807) is 0 Å². The maximum Gasteiger partial charge on any atom is 0.0550 e. The lowest BCUT2D eigenvalue weighted by atomic mass is 10.1. The van der Waals surface area contributed by atoms with E-state index in [9.17, 15) is 0 Å². The zero-order valence-electron chi connectivity index (χ0n) is 11.4. The highest BCUT2D eigenvalue weighted by atomic mass is 15.1. The van der Waals surface area contributed by atoms with Gasteiger partial charge in [-0.1, -0.05) is 6.92 Å². The summed E-state index contributed by atoms with van der Waals surface area (Å²) in [6.07, 6.45) is 7.44. The monoisotopic (exact) mass is 248 g/mol. The van der Waals surface area contributed by atoms with Crippen molar-refractivity contribution in [1.29, 1.82) is 0 Å². The molecule has 0 aliphatic carbocycles. The van der Waals surface area contributed by atoms with Crippen LogP contribution in [0, 0.1) is 0 Å². The minimum absolute atomic E-state index is 0.548. The molecule has 1 saturated heterocycles. The summed E-state index contributed by atoms with van der Waals surface area (Å²) in [6, 6.07) is 2.70. The molecule has 0 saturated carbocycles. The molecule has 2 heterocycles. The predicted molar refractivity (Wildman–Crippen MR) is 77.2 cm³/mol. The first-order valence-corrected chi connectivity index (χ1v) is 6.92. The third kappa shape index (κ3) is 3.88. The Balaban J connectivity index is 1.91. The molecule has 0 spiro atoms. The van der Waals surface area contributed by atoms with E-state index in [-0.39, 0.29) is 0 Å². The van der Waals surface area contributed by atoms with Gasteiger partial charge in [-0.05, 0) is 38.9 Å². The molecular formula is C14H24N4. The van der Waals surface area contributed by atoms with Crippen molar-refractivity contribution in [2.75, 3.05) is 37.3 Å². The Labute approximate surface area is 110 Å². The standard InChI is InChI=1S/C14H24N4/c1-3-6-16-13-8-14(10-15-9-13)17-12-5-4-7-18(2)11-12/h8-10,12,16-17H,3-7,11H2,1-2H3. The van der Waals surface area contributed by atoms with E-state index in [0.29, 0.717) is 6.04 Å². The third-order valence-electron chi connectivity index (χ3n) is 3.31. The second-order valence-electron chi connectivity index (χ2n) is 5.13. The zero-order chi connectivity index (χ0) is 12.8. The average molecular weight is 248 g/mol. The van der Waals surface area contributed by atoms with Crippen molar-refractivity contribution >= 4 is 11.4 Å². The van der Waals surface area contributed by atoms with Crippen molar-refractivity contribution < 1.29 is 0 Å². The molecule has 1 aromatic rings. The lowest BCUT2D eigenvalue weighted by molar-refractivity contribution is 0.261. The lowest BCUT2D eigenvalue weighted by Crippen LogP contribution is -2.39. The van der Waals surface area contributed by atoms with Crippen molar-refractivity contribution in [3.8, 4) is 0 Å². The molecule has 1 aliphatic heterocycles. The quantitative estimate of drug-likeness (QED) is 0.839. The van der Waals surface area contributed by atoms with Crippen molar-refractivity contribution in [1.82, 2.24) is 9.88 Å². The highest BCUT2D eigenvalue weighted by Gasteiger charge is 2.16. The number of pyridine rings is 1.